The second-order valence-corrected chi connectivity index (χ2v) is 5.04. The summed E-state index contributed by atoms with van der Waals surface area (Å²) in [5, 5.41) is 0. The van der Waals surface area contributed by atoms with E-state index in [0.717, 1.165) is 17.1 Å². The van der Waals surface area contributed by atoms with Gasteiger partial charge in [-0.25, -0.2) is 0 Å². The van der Waals surface area contributed by atoms with Crippen molar-refractivity contribution >= 4 is 14.5 Å². The zero-order valence-corrected chi connectivity index (χ0v) is 9.56. The molecular formula is C12H8O2Se. The van der Waals surface area contributed by atoms with Crippen LogP contribution < -0.4 is 0 Å². The predicted molar refractivity (Wildman–Crippen MR) is 58.8 cm³/mol. The Morgan fingerprint density at radius 2 is 1.60 bits per heavy atom. The fourth-order valence-corrected chi connectivity index (χ4v) is 3.36. The molecule has 2 nitrogen and oxygen atoms in total. The van der Waals surface area contributed by atoms with Gasteiger partial charge in [-0.1, -0.05) is 0 Å². The van der Waals surface area contributed by atoms with Crippen molar-refractivity contribution in [1.29, 1.82) is 0 Å². The molecule has 74 valence electrons. The van der Waals surface area contributed by atoms with Crippen molar-refractivity contribution in [1.82, 2.24) is 0 Å². The van der Waals surface area contributed by atoms with Gasteiger partial charge in [0.15, 0.2) is 0 Å². The molecule has 15 heavy (non-hydrogen) atoms. The van der Waals surface area contributed by atoms with E-state index in [1.807, 2.05) is 24.3 Å². The van der Waals surface area contributed by atoms with Gasteiger partial charge in [-0.05, 0) is 0 Å². The van der Waals surface area contributed by atoms with Gasteiger partial charge in [-0.3, -0.25) is 0 Å². The van der Waals surface area contributed by atoms with Gasteiger partial charge in [0, 0.05) is 0 Å². The molecule has 0 aromatic carbocycles. The van der Waals surface area contributed by atoms with Crippen LogP contribution in [0.25, 0.3) is 21.5 Å². The fraction of sp³-hybridized carbons (Fsp3) is 0. The molecule has 0 unspecified atom stereocenters. The van der Waals surface area contributed by atoms with Gasteiger partial charge in [0.05, 0.1) is 0 Å². The minimum atomic E-state index is 0.347. The van der Waals surface area contributed by atoms with Crippen molar-refractivity contribution in [2.24, 2.45) is 0 Å². The first-order chi connectivity index (χ1) is 7.45. The van der Waals surface area contributed by atoms with Crippen LogP contribution in [0.4, 0.5) is 0 Å². The number of furan rings is 2. The van der Waals surface area contributed by atoms with E-state index >= 15 is 0 Å². The Kier molecular flexibility index (Phi) is 2.13. The van der Waals surface area contributed by atoms with Gasteiger partial charge in [0.2, 0.25) is 0 Å². The van der Waals surface area contributed by atoms with Gasteiger partial charge in [-0.2, -0.15) is 0 Å². The van der Waals surface area contributed by atoms with Crippen LogP contribution in [0.15, 0.2) is 56.6 Å². The molecular weight excluding hydrogens is 255 g/mol. The van der Waals surface area contributed by atoms with Gasteiger partial charge in [-0.15, -0.1) is 0 Å². The van der Waals surface area contributed by atoms with Crippen LogP contribution in [0.2, 0.25) is 0 Å². The zero-order valence-electron chi connectivity index (χ0n) is 7.84. The molecule has 0 fully saturated rings. The monoisotopic (exact) mass is 264 g/mol. The zero-order chi connectivity index (χ0) is 10.1. The summed E-state index contributed by atoms with van der Waals surface area (Å²) in [5.41, 5.74) is 1.15. The maximum atomic E-state index is 5.42. The van der Waals surface area contributed by atoms with E-state index in [1.54, 1.807) is 12.5 Å². The molecule has 0 aliphatic rings. The normalized spacial score (nSPS) is 10.7. The van der Waals surface area contributed by atoms with E-state index in [-0.39, 0.29) is 0 Å². The molecule has 0 atom stereocenters. The average molecular weight is 263 g/mol. The summed E-state index contributed by atoms with van der Waals surface area (Å²) >= 11 is 0.347. The molecule has 3 aromatic heterocycles. The quantitative estimate of drug-likeness (QED) is 0.663. The molecule has 0 saturated carbocycles. The third-order valence-electron chi connectivity index (χ3n) is 2.20. The maximum absolute atomic E-state index is 5.42. The second-order valence-electron chi connectivity index (χ2n) is 3.12. The minimum absolute atomic E-state index is 0.347. The molecule has 0 radical (unpaired) electrons. The van der Waals surface area contributed by atoms with Crippen molar-refractivity contribution in [3.05, 3.63) is 47.8 Å². The molecule has 0 aliphatic heterocycles. The van der Waals surface area contributed by atoms with Gasteiger partial charge in [0.25, 0.3) is 0 Å². The topological polar surface area (TPSA) is 26.3 Å². The molecule has 0 spiro atoms. The van der Waals surface area contributed by atoms with Gasteiger partial charge in [0.1, 0.15) is 0 Å². The third-order valence-corrected chi connectivity index (χ3v) is 4.15. The van der Waals surface area contributed by atoms with Crippen LogP contribution in [0.5, 0.6) is 0 Å². The Morgan fingerprint density at radius 1 is 0.867 bits per heavy atom. The molecule has 0 aliphatic carbocycles. The van der Waals surface area contributed by atoms with Gasteiger partial charge < -0.3 is 0 Å². The standard InChI is InChI=1S/C12H8O2Se/c1-3-10(13-6-1)9-5-8-15-12(9)11-4-2-7-14-11/h1-8H. The van der Waals surface area contributed by atoms with Gasteiger partial charge >= 0.3 is 92.7 Å². The van der Waals surface area contributed by atoms with Crippen molar-refractivity contribution in [2.45, 2.75) is 0 Å². The van der Waals surface area contributed by atoms with E-state index in [4.69, 9.17) is 8.83 Å². The summed E-state index contributed by atoms with van der Waals surface area (Å²) < 4.78 is 12.1. The molecule has 3 heterocycles. The van der Waals surface area contributed by atoms with E-state index in [2.05, 4.69) is 11.0 Å². The average Bonchev–Trinajstić information content (AvgIpc) is 3.01. The van der Waals surface area contributed by atoms with Crippen molar-refractivity contribution < 1.29 is 8.83 Å². The summed E-state index contributed by atoms with van der Waals surface area (Å²) in [6.07, 6.45) is 3.40. The molecule has 0 N–H and O–H groups in total. The van der Waals surface area contributed by atoms with Crippen LogP contribution in [-0.4, -0.2) is 14.5 Å². The fourth-order valence-electron chi connectivity index (χ4n) is 1.53. The van der Waals surface area contributed by atoms with Crippen LogP contribution in [0.3, 0.4) is 0 Å². The Morgan fingerprint density at radius 3 is 2.27 bits per heavy atom. The first kappa shape index (κ1) is 8.83. The summed E-state index contributed by atoms with van der Waals surface area (Å²) in [4.78, 5) is 2.18. The third kappa shape index (κ3) is 1.50. The summed E-state index contributed by atoms with van der Waals surface area (Å²) in [6.45, 7) is 0. The Hall–Kier alpha value is -1.44. The molecule has 0 amide bonds. The van der Waals surface area contributed by atoms with Crippen molar-refractivity contribution in [2.75, 3.05) is 0 Å². The second kappa shape index (κ2) is 3.61. The van der Waals surface area contributed by atoms with Crippen LogP contribution >= 0.6 is 0 Å². The van der Waals surface area contributed by atoms with E-state index < -0.39 is 0 Å². The van der Waals surface area contributed by atoms with E-state index in [9.17, 15) is 0 Å². The Bertz CT molecular complexity index is 483. The van der Waals surface area contributed by atoms with Crippen molar-refractivity contribution in [3.8, 4) is 21.5 Å². The summed E-state index contributed by atoms with van der Waals surface area (Å²) in [5.74, 6) is 1.86. The summed E-state index contributed by atoms with van der Waals surface area (Å²) in [6, 6.07) is 9.89. The van der Waals surface area contributed by atoms with Crippen LogP contribution in [0.1, 0.15) is 0 Å². The van der Waals surface area contributed by atoms with E-state index in [0.29, 0.717) is 14.5 Å². The molecule has 3 aromatic rings. The molecule has 3 rings (SSSR count). The SMILES string of the molecule is c1coc(-c2cc[se]c2-c2ccco2)c1. The van der Waals surface area contributed by atoms with E-state index in [1.165, 1.54) is 4.44 Å². The number of rotatable bonds is 2. The first-order valence-corrected chi connectivity index (χ1v) is 6.45. The summed E-state index contributed by atoms with van der Waals surface area (Å²) in [7, 11) is 0. The van der Waals surface area contributed by atoms with Crippen molar-refractivity contribution in [3.63, 3.8) is 0 Å². The molecule has 3 heteroatoms. The Labute approximate surface area is 92.9 Å². The molecule has 0 bridgehead atoms. The predicted octanol–water partition coefficient (Wildman–Crippen LogP) is 3.26. The first-order valence-electron chi connectivity index (χ1n) is 4.60. The number of hydrogen-bond donors (Lipinski definition) is 0. The van der Waals surface area contributed by atoms with Crippen LogP contribution in [-0.2, 0) is 0 Å². The number of hydrogen-bond acceptors (Lipinski definition) is 2. The Balaban J connectivity index is 2.15. The molecule has 0 saturated heterocycles. The van der Waals surface area contributed by atoms with Crippen LogP contribution in [0, 0.1) is 0 Å².